The van der Waals surface area contributed by atoms with E-state index >= 15 is 0 Å². The molecule has 1 aromatic carbocycles. The molecule has 2 rings (SSSR count). The van der Waals surface area contributed by atoms with Gasteiger partial charge in [-0.1, -0.05) is 38.7 Å². The van der Waals surface area contributed by atoms with Crippen LogP contribution in [0.25, 0.3) is 0 Å². The van der Waals surface area contributed by atoms with E-state index < -0.39 is 0 Å². The largest absolute Gasteiger partial charge is 0.497 e. The van der Waals surface area contributed by atoms with E-state index in [1.165, 1.54) is 31.4 Å². The summed E-state index contributed by atoms with van der Waals surface area (Å²) in [5.41, 5.74) is 1.19. The third-order valence-electron chi connectivity index (χ3n) is 5.12. The van der Waals surface area contributed by atoms with E-state index in [0.717, 1.165) is 38.2 Å². The zero-order chi connectivity index (χ0) is 18.8. The summed E-state index contributed by atoms with van der Waals surface area (Å²) < 4.78 is 5.31. The highest BCUT2D eigenvalue weighted by atomic mass is 16.5. The van der Waals surface area contributed by atoms with Crippen LogP contribution in [-0.4, -0.2) is 38.8 Å². The number of rotatable bonds is 10. The number of hydrogen-bond acceptors (Lipinski definition) is 3. The number of carbonyl (C=O) groups excluding carboxylic acids is 1. The van der Waals surface area contributed by atoms with E-state index in [0.29, 0.717) is 5.92 Å². The summed E-state index contributed by atoms with van der Waals surface area (Å²) in [6.45, 7) is 7.03. The van der Waals surface area contributed by atoms with Crippen molar-refractivity contribution in [2.24, 2.45) is 5.92 Å². The Balaban J connectivity index is 1.66. The van der Waals surface area contributed by atoms with Crippen LogP contribution in [0.1, 0.15) is 52.4 Å². The van der Waals surface area contributed by atoms with Crippen molar-refractivity contribution in [2.45, 2.75) is 58.4 Å². The minimum absolute atomic E-state index is 0.0344. The minimum Gasteiger partial charge on any atom is -0.497 e. The summed E-state index contributed by atoms with van der Waals surface area (Å²) in [6, 6.07) is 8.38. The zero-order valence-corrected chi connectivity index (χ0v) is 16.6. The van der Waals surface area contributed by atoms with Gasteiger partial charge >= 0.3 is 6.03 Å². The van der Waals surface area contributed by atoms with Gasteiger partial charge < -0.3 is 20.3 Å². The second-order valence-electron chi connectivity index (χ2n) is 7.41. The van der Waals surface area contributed by atoms with Crippen molar-refractivity contribution >= 4 is 11.7 Å². The highest BCUT2D eigenvalue weighted by Crippen LogP contribution is 2.26. The van der Waals surface area contributed by atoms with Gasteiger partial charge in [-0.15, -0.1) is 0 Å². The smallest absolute Gasteiger partial charge is 0.315 e. The van der Waals surface area contributed by atoms with E-state index in [4.69, 9.17) is 4.74 Å². The number of unbranched alkanes of at least 4 members (excludes halogenated alkanes) is 3. The Hall–Kier alpha value is -1.91. The molecular formula is C21H35N3O2. The fraction of sp³-hybridized carbons (Fsp3) is 0.667. The number of carbonyl (C=O) groups is 1. The highest BCUT2D eigenvalue weighted by Gasteiger charge is 2.23. The van der Waals surface area contributed by atoms with Gasteiger partial charge in [0.1, 0.15) is 5.75 Å². The van der Waals surface area contributed by atoms with Crippen molar-refractivity contribution in [3.8, 4) is 5.75 Å². The quantitative estimate of drug-likeness (QED) is 0.615. The first-order chi connectivity index (χ1) is 12.6. The summed E-state index contributed by atoms with van der Waals surface area (Å²) in [5, 5.41) is 6.11. The van der Waals surface area contributed by atoms with Crippen molar-refractivity contribution in [1.82, 2.24) is 10.6 Å². The van der Waals surface area contributed by atoms with Gasteiger partial charge in [-0.3, -0.25) is 0 Å². The van der Waals surface area contributed by atoms with Crippen molar-refractivity contribution in [3.05, 3.63) is 24.3 Å². The van der Waals surface area contributed by atoms with E-state index in [-0.39, 0.29) is 12.1 Å². The number of ether oxygens (including phenoxy) is 1. The molecule has 5 heteroatoms. The van der Waals surface area contributed by atoms with E-state index in [1.54, 1.807) is 7.11 Å². The molecule has 1 saturated heterocycles. The Morgan fingerprint density at radius 2 is 2.19 bits per heavy atom. The summed E-state index contributed by atoms with van der Waals surface area (Å²) in [4.78, 5) is 14.4. The Bertz CT molecular complexity index is 550. The second kappa shape index (κ2) is 10.9. The number of nitrogens with one attached hydrogen (secondary N) is 2. The van der Waals surface area contributed by atoms with Crippen molar-refractivity contribution in [3.63, 3.8) is 0 Å². The van der Waals surface area contributed by atoms with Gasteiger partial charge in [-0.25, -0.2) is 4.79 Å². The van der Waals surface area contributed by atoms with Crippen LogP contribution in [0.5, 0.6) is 5.75 Å². The van der Waals surface area contributed by atoms with Crippen LogP contribution in [0.2, 0.25) is 0 Å². The molecule has 26 heavy (non-hydrogen) atoms. The third kappa shape index (κ3) is 6.77. The molecule has 0 saturated carbocycles. The number of hydrogen-bond donors (Lipinski definition) is 2. The van der Waals surface area contributed by atoms with E-state index in [2.05, 4.69) is 41.5 Å². The van der Waals surface area contributed by atoms with Crippen molar-refractivity contribution < 1.29 is 9.53 Å². The van der Waals surface area contributed by atoms with Crippen LogP contribution >= 0.6 is 0 Å². The predicted molar refractivity (Wildman–Crippen MR) is 108 cm³/mol. The topological polar surface area (TPSA) is 53.6 Å². The van der Waals surface area contributed by atoms with Crippen LogP contribution in [0.3, 0.4) is 0 Å². The summed E-state index contributed by atoms with van der Waals surface area (Å²) in [7, 11) is 1.69. The van der Waals surface area contributed by atoms with Crippen LogP contribution in [-0.2, 0) is 0 Å². The number of anilines is 1. The lowest BCUT2D eigenvalue weighted by molar-refractivity contribution is 0.235. The normalized spacial score (nSPS) is 17.8. The van der Waals surface area contributed by atoms with Gasteiger partial charge in [-0.2, -0.15) is 0 Å². The molecule has 0 aliphatic carbocycles. The minimum atomic E-state index is -0.0344. The Labute approximate surface area is 158 Å². The molecule has 1 aromatic rings. The fourth-order valence-corrected chi connectivity index (χ4v) is 3.50. The fourth-order valence-electron chi connectivity index (χ4n) is 3.50. The van der Waals surface area contributed by atoms with Crippen LogP contribution in [0.15, 0.2) is 24.3 Å². The van der Waals surface area contributed by atoms with Gasteiger partial charge in [0.15, 0.2) is 0 Å². The maximum atomic E-state index is 12.1. The zero-order valence-electron chi connectivity index (χ0n) is 16.6. The molecule has 1 aliphatic rings. The lowest BCUT2D eigenvalue weighted by atomic mass is 10.1. The molecule has 2 atom stereocenters. The van der Waals surface area contributed by atoms with Crippen LogP contribution in [0, 0.1) is 5.92 Å². The van der Waals surface area contributed by atoms with Gasteiger partial charge in [0.05, 0.1) is 7.11 Å². The maximum Gasteiger partial charge on any atom is 0.315 e. The highest BCUT2D eigenvalue weighted by molar-refractivity contribution is 5.74. The van der Waals surface area contributed by atoms with Gasteiger partial charge in [0.25, 0.3) is 0 Å². The first-order valence-corrected chi connectivity index (χ1v) is 10.1. The van der Waals surface area contributed by atoms with Gasteiger partial charge in [0, 0.05) is 37.4 Å². The molecule has 1 heterocycles. The molecular weight excluding hydrogens is 326 g/mol. The Kier molecular flexibility index (Phi) is 8.59. The number of nitrogens with zero attached hydrogens (tertiary/aromatic N) is 1. The molecule has 0 bridgehead atoms. The van der Waals surface area contributed by atoms with E-state index in [9.17, 15) is 4.79 Å². The average Bonchev–Trinajstić information content (AvgIpc) is 3.13. The standard InChI is InChI=1S/C21H35N3O2/c1-4-5-6-7-9-17(2)23-21(25)22-15-18-12-13-24(16-18)19-10-8-11-20(14-19)26-3/h8,10-11,14,17-18H,4-7,9,12-13,15-16H2,1-3H3,(H2,22,23,25). The summed E-state index contributed by atoms with van der Waals surface area (Å²) >= 11 is 0. The molecule has 146 valence electrons. The average molecular weight is 362 g/mol. The van der Waals surface area contributed by atoms with E-state index in [1.807, 2.05) is 12.1 Å². The molecule has 0 radical (unpaired) electrons. The molecule has 1 aliphatic heterocycles. The van der Waals surface area contributed by atoms with Crippen LogP contribution in [0.4, 0.5) is 10.5 Å². The molecule has 0 spiro atoms. The second-order valence-corrected chi connectivity index (χ2v) is 7.41. The van der Waals surface area contributed by atoms with Gasteiger partial charge in [-0.05, 0) is 37.8 Å². The Morgan fingerprint density at radius 3 is 2.96 bits per heavy atom. The van der Waals surface area contributed by atoms with Crippen LogP contribution < -0.4 is 20.3 Å². The molecule has 2 unspecified atom stereocenters. The predicted octanol–water partition coefficient (Wildman–Crippen LogP) is 4.18. The van der Waals surface area contributed by atoms with Gasteiger partial charge in [0.2, 0.25) is 0 Å². The summed E-state index contributed by atoms with van der Waals surface area (Å²) in [6.07, 6.45) is 7.13. The number of amides is 2. The first kappa shape index (κ1) is 20.4. The summed E-state index contributed by atoms with van der Waals surface area (Å²) in [5.74, 6) is 1.38. The molecule has 0 aromatic heterocycles. The lowest BCUT2D eigenvalue weighted by Crippen LogP contribution is -2.42. The first-order valence-electron chi connectivity index (χ1n) is 10.1. The SMILES string of the molecule is CCCCCCC(C)NC(=O)NCC1CCN(c2cccc(OC)c2)C1. The monoisotopic (exact) mass is 361 g/mol. The number of urea groups is 1. The van der Waals surface area contributed by atoms with Crippen molar-refractivity contribution in [1.29, 1.82) is 0 Å². The Morgan fingerprint density at radius 1 is 1.35 bits per heavy atom. The molecule has 2 amide bonds. The maximum absolute atomic E-state index is 12.1. The molecule has 1 fully saturated rings. The lowest BCUT2D eigenvalue weighted by Gasteiger charge is -2.20. The molecule has 2 N–H and O–H groups in total. The molecule has 5 nitrogen and oxygen atoms in total. The number of methoxy groups -OCH3 is 1. The van der Waals surface area contributed by atoms with Crippen molar-refractivity contribution in [2.75, 3.05) is 31.6 Å². The third-order valence-corrected chi connectivity index (χ3v) is 5.12. The number of benzene rings is 1.